The molecule has 116 valence electrons. The summed E-state index contributed by atoms with van der Waals surface area (Å²) >= 11 is 0. The van der Waals surface area contributed by atoms with E-state index < -0.39 is 45.7 Å². The Hall–Kier alpha value is 1.28. The highest BCUT2D eigenvalue weighted by Gasteiger charge is 2.50. The van der Waals surface area contributed by atoms with Gasteiger partial charge in [0.25, 0.3) is 20.0 Å². The molecule has 0 aromatic rings. The lowest BCUT2D eigenvalue weighted by Crippen LogP contribution is -2.60. The van der Waals surface area contributed by atoms with Crippen molar-refractivity contribution in [1.29, 1.82) is 0 Å². The van der Waals surface area contributed by atoms with E-state index in [9.17, 15) is 0 Å². The van der Waals surface area contributed by atoms with Crippen LogP contribution in [0.5, 0.6) is 0 Å². The predicted octanol–water partition coefficient (Wildman–Crippen LogP) is -2.25. The minimum atomic E-state index is -3.07. The van der Waals surface area contributed by atoms with Gasteiger partial charge in [0.15, 0.2) is 16.6 Å². The summed E-state index contributed by atoms with van der Waals surface area (Å²) in [5.74, 6) is 0. The maximum atomic E-state index is 6.19. The van der Waals surface area contributed by atoms with Gasteiger partial charge in [0.1, 0.15) is 21.0 Å². The standard InChI is InChI=1S/C6H28O6Si7/c1-17(2,3)11-19(9-15-7-13,10-16-8-14)12-18(4,5)6/h15-16H2,1-6,13-14H3. The zero-order valence-electron chi connectivity index (χ0n) is 13.4. The van der Waals surface area contributed by atoms with E-state index in [0.29, 0.717) is 21.0 Å². The van der Waals surface area contributed by atoms with E-state index in [1.54, 1.807) is 0 Å². The largest absolute Gasteiger partial charge is 0.639 e. The lowest BCUT2D eigenvalue weighted by Gasteiger charge is -2.37. The molecule has 0 saturated heterocycles. The van der Waals surface area contributed by atoms with Gasteiger partial charge in [-0.15, -0.1) is 0 Å². The summed E-state index contributed by atoms with van der Waals surface area (Å²) in [5, 5.41) is 0. The van der Waals surface area contributed by atoms with E-state index >= 15 is 0 Å². The van der Waals surface area contributed by atoms with Gasteiger partial charge < -0.3 is 24.7 Å². The molecule has 0 fully saturated rings. The summed E-state index contributed by atoms with van der Waals surface area (Å²) in [5.41, 5.74) is 0. The molecule has 0 saturated carbocycles. The van der Waals surface area contributed by atoms with Gasteiger partial charge in [-0.05, 0) is 39.3 Å². The maximum Gasteiger partial charge on any atom is 0.639 e. The molecule has 0 bridgehead atoms. The molecule has 0 aromatic heterocycles. The zero-order chi connectivity index (χ0) is 15.2. The molecule has 0 aromatic carbocycles. The molecule has 0 aliphatic rings. The highest BCUT2D eigenvalue weighted by Crippen LogP contribution is 2.22. The highest BCUT2D eigenvalue weighted by atomic mass is 28.5. The number of hydrogen-bond acceptors (Lipinski definition) is 6. The van der Waals surface area contributed by atoms with Crippen molar-refractivity contribution in [2.45, 2.75) is 39.3 Å². The van der Waals surface area contributed by atoms with Gasteiger partial charge in [-0.25, -0.2) is 0 Å². The minimum Gasteiger partial charge on any atom is -0.449 e. The summed E-state index contributed by atoms with van der Waals surface area (Å²) in [6, 6.07) is 0. The summed E-state index contributed by atoms with van der Waals surface area (Å²) < 4.78 is 34.7. The molecule has 0 rings (SSSR count). The summed E-state index contributed by atoms with van der Waals surface area (Å²) in [4.78, 5) is 0. The molecule has 13 heteroatoms. The first-order valence-electron chi connectivity index (χ1n) is 6.20. The normalized spacial score (nSPS) is 15.5. The van der Waals surface area contributed by atoms with Crippen LogP contribution in [0.1, 0.15) is 0 Å². The van der Waals surface area contributed by atoms with Crippen molar-refractivity contribution in [2.75, 3.05) is 0 Å². The Morgan fingerprint density at radius 2 is 1.00 bits per heavy atom. The lowest BCUT2D eigenvalue weighted by atomic mass is 11.8. The Balaban J connectivity index is 5.06. The first-order chi connectivity index (χ1) is 8.54. The molecule has 0 amide bonds. The lowest BCUT2D eigenvalue weighted by molar-refractivity contribution is 0.146. The van der Waals surface area contributed by atoms with Gasteiger partial charge >= 0.3 is 9.05 Å². The Labute approximate surface area is 130 Å². The van der Waals surface area contributed by atoms with E-state index in [4.69, 9.17) is 24.7 Å². The maximum absolute atomic E-state index is 6.19. The zero-order valence-corrected chi connectivity index (χ0v) is 23.2. The van der Waals surface area contributed by atoms with Gasteiger partial charge in [-0.3, -0.25) is 0 Å². The van der Waals surface area contributed by atoms with Crippen molar-refractivity contribution in [3.63, 3.8) is 0 Å². The number of hydrogen-bond donors (Lipinski definition) is 0. The average molecular weight is 393 g/mol. The van der Waals surface area contributed by atoms with Crippen LogP contribution in [0, 0.1) is 0 Å². The third kappa shape index (κ3) is 10.6. The molecule has 19 heavy (non-hydrogen) atoms. The van der Waals surface area contributed by atoms with Crippen molar-refractivity contribution >= 4 is 66.7 Å². The molecule has 0 N–H and O–H groups in total. The van der Waals surface area contributed by atoms with Crippen molar-refractivity contribution in [1.82, 2.24) is 0 Å². The average Bonchev–Trinajstić information content (AvgIpc) is 2.19. The SMILES string of the molecule is C[Si](C)(C)O[Si](O[SiH2]O[SiH3])(O[SiH2]O[SiH3])O[Si](C)(C)C. The fourth-order valence-electron chi connectivity index (χ4n) is 1.19. The van der Waals surface area contributed by atoms with Crippen molar-refractivity contribution in [3.8, 4) is 0 Å². The summed E-state index contributed by atoms with van der Waals surface area (Å²) in [6.07, 6.45) is 0. The van der Waals surface area contributed by atoms with E-state index in [2.05, 4.69) is 39.3 Å². The second kappa shape index (κ2) is 8.66. The molecule has 0 spiro atoms. The Morgan fingerprint density at radius 1 is 0.684 bits per heavy atom. The van der Waals surface area contributed by atoms with E-state index in [1.807, 2.05) is 0 Å². The van der Waals surface area contributed by atoms with Gasteiger partial charge in [0.05, 0.1) is 0 Å². The van der Waals surface area contributed by atoms with Crippen LogP contribution in [0.2, 0.25) is 39.3 Å². The first kappa shape index (κ1) is 20.3. The predicted molar refractivity (Wildman–Crippen MR) is 95.9 cm³/mol. The molecular formula is C6H28O6Si7. The van der Waals surface area contributed by atoms with Crippen LogP contribution in [0.4, 0.5) is 0 Å². The van der Waals surface area contributed by atoms with Gasteiger partial charge in [-0.2, -0.15) is 0 Å². The monoisotopic (exact) mass is 392 g/mol. The van der Waals surface area contributed by atoms with Gasteiger partial charge in [-0.1, -0.05) is 0 Å². The quantitative estimate of drug-likeness (QED) is 0.392. The first-order valence-corrected chi connectivity index (χ1v) is 18.6. The molecule has 0 heterocycles. The molecule has 0 aliphatic carbocycles. The molecule has 0 aliphatic heterocycles. The van der Waals surface area contributed by atoms with Crippen molar-refractivity contribution < 1.29 is 24.7 Å². The molecular weight excluding hydrogens is 365 g/mol. The Morgan fingerprint density at radius 3 is 1.21 bits per heavy atom. The third-order valence-corrected chi connectivity index (χ3v) is 14.1. The fourth-order valence-corrected chi connectivity index (χ4v) is 16.1. The molecule has 0 atom stereocenters. The van der Waals surface area contributed by atoms with E-state index in [-0.39, 0.29) is 0 Å². The van der Waals surface area contributed by atoms with Crippen molar-refractivity contribution in [2.24, 2.45) is 0 Å². The molecule has 6 nitrogen and oxygen atoms in total. The molecule has 0 radical (unpaired) electrons. The third-order valence-electron chi connectivity index (χ3n) is 1.57. The van der Waals surface area contributed by atoms with Crippen LogP contribution >= 0.6 is 0 Å². The van der Waals surface area contributed by atoms with Crippen LogP contribution in [-0.2, 0) is 24.7 Å². The van der Waals surface area contributed by atoms with Gasteiger partial charge in [0.2, 0.25) is 0 Å². The van der Waals surface area contributed by atoms with Crippen LogP contribution in [0.25, 0.3) is 0 Å². The topological polar surface area (TPSA) is 55.4 Å². The fraction of sp³-hybridized carbons (Fsp3) is 1.00. The smallest absolute Gasteiger partial charge is 0.449 e. The van der Waals surface area contributed by atoms with Crippen molar-refractivity contribution in [3.05, 3.63) is 0 Å². The second-order valence-corrected chi connectivity index (χ2v) is 24.5. The molecule has 0 unspecified atom stereocenters. The van der Waals surface area contributed by atoms with Gasteiger partial charge in [0, 0.05) is 0 Å². The van der Waals surface area contributed by atoms with Crippen LogP contribution in [0.3, 0.4) is 0 Å². The van der Waals surface area contributed by atoms with E-state index in [0.717, 1.165) is 0 Å². The minimum absolute atomic E-state index is 0.673. The summed E-state index contributed by atoms with van der Waals surface area (Å²) in [7, 11) is -7.53. The second-order valence-electron chi connectivity index (χ2n) is 6.03. The van der Waals surface area contributed by atoms with Crippen LogP contribution in [-0.4, -0.2) is 66.7 Å². The summed E-state index contributed by atoms with van der Waals surface area (Å²) in [6.45, 7) is 12.7. The highest BCUT2D eigenvalue weighted by molar-refractivity contribution is 6.85. The Kier molecular flexibility index (Phi) is 9.24. The van der Waals surface area contributed by atoms with Crippen LogP contribution < -0.4 is 0 Å². The Bertz CT molecular complexity index is 227. The number of rotatable bonds is 10. The van der Waals surface area contributed by atoms with Crippen LogP contribution in [0.15, 0.2) is 0 Å². The van der Waals surface area contributed by atoms with E-state index in [1.165, 1.54) is 0 Å².